The van der Waals surface area contributed by atoms with Gasteiger partial charge in [-0.2, -0.15) is 0 Å². The van der Waals surface area contributed by atoms with E-state index < -0.39 is 0 Å². The Labute approximate surface area is 99.1 Å². The number of pyridine rings is 1. The van der Waals surface area contributed by atoms with Crippen LogP contribution in [0, 0.1) is 5.82 Å². The van der Waals surface area contributed by atoms with Crippen LogP contribution in [0.1, 0.15) is 11.1 Å². The molecule has 3 nitrogen and oxygen atoms in total. The first-order valence-electron chi connectivity index (χ1n) is 5.30. The molecule has 0 radical (unpaired) electrons. The van der Waals surface area contributed by atoms with Gasteiger partial charge in [0.2, 0.25) is 0 Å². The molecular weight excluding hydrogens is 219 g/mol. The lowest BCUT2D eigenvalue weighted by atomic mass is 10.2. The fourth-order valence-corrected chi connectivity index (χ4v) is 1.52. The van der Waals surface area contributed by atoms with E-state index in [1.54, 1.807) is 24.5 Å². The van der Waals surface area contributed by atoms with Crippen LogP contribution in [0.5, 0.6) is 5.75 Å². The van der Waals surface area contributed by atoms with Gasteiger partial charge in [-0.25, -0.2) is 4.39 Å². The molecule has 0 fully saturated rings. The molecule has 2 rings (SSSR count). The Bertz CT molecular complexity index is 488. The summed E-state index contributed by atoms with van der Waals surface area (Å²) in [5, 5.41) is 0. The highest BCUT2D eigenvalue weighted by molar-refractivity contribution is 5.34. The summed E-state index contributed by atoms with van der Waals surface area (Å²) in [6.45, 7) is 0.472. The molecule has 88 valence electrons. The molecule has 0 saturated carbocycles. The highest BCUT2D eigenvalue weighted by Gasteiger charge is 2.07. The Hall–Kier alpha value is -1.94. The molecule has 0 aliphatic rings. The number of hydrogen-bond donors (Lipinski definition) is 1. The van der Waals surface area contributed by atoms with E-state index in [0.29, 0.717) is 17.9 Å². The molecule has 0 aliphatic carbocycles. The third kappa shape index (κ3) is 2.79. The molecule has 2 N–H and O–H groups in total. The molecule has 0 spiro atoms. The van der Waals surface area contributed by atoms with Crippen molar-refractivity contribution in [3.05, 3.63) is 59.7 Å². The molecule has 0 unspecified atom stereocenters. The van der Waals surface area contributed by atoms with Gasteiger partial charge in [-0.1, -0.05) is 12.1 Å². The number of rotatable bonds is 4. The Kier molecular flexibility index (Phi) is 3.67. The van der Waals surface area contributed by atoms with Gasteiger partial charge in [0.05, 0.1) is 0 Å². The summed E-state index contributed by atoms with van der Waals surface area (Å²) in [7, 11) is 0. The molecule has 1 aromatic carbocycles. The molecule has 1 aromatic heterocycles. The van der Waals surface area contributed by atoms with Gasteiger partial charge in [0.1, 0.15) is 18.2 Å². The van der Waals surface area contributed by atoms with E-state index in [1.807, 2.05) is 12.1 Å². The predicted molar refractivity (Wildman–Crippen MR) is 62.9 cm³/mol. The molecule has 2 aromatic rings. The van der Waals surface area contributed by atoms with E-state index in [1.165, 1.54) is 6.07 Å². The number of hydrogen-bond acceptors (Lipinski definition) is 3. The molecule has 0 aliphatic heterocycles. The van der Waals surface area contributed by atoms with Crippen LogP contribution in [0.25, 0.3) is 0 Å². The van der Waals surface area contributed by atoms with Crippen LogP contribution in [-0.4, -0.2) is 4.98 Å². The molecule has 1 heterocycles. The lowest BCUT2D eigenvalue weighted by molar-refractivity contribution is 0.300. The number of aromatic nitrogens is 1. The first kappa shape index (κ1) is 11.5. The standard InChI is InChI=1S/C13H13FN2O/c14-12-4-1-5-13(11(12)7-15)17-9-10-3-2-6-16-8-10/h1-6,8H,7,9,15H2. The van der Waals surface area contributed by atoms with Crippen molar-refractivity contribution < 1.29 is 9.13 Å². The second-order valence-electron chi connectivity index (χ2n) is 3.57. The maximum atomic E-state index is 13.4. The summed E-state index contributed by atoms with van der Waals surface area (Å²) < 4.78 is 18.9. The van der Waals surface area contributed by atoms with Crippen LogP contribution >= 0.6 is 0 Å². The summed E-state index contributed by atoms with van der Waals surface area (Å²) in [6.07, 6.45) is 3.40. The zero-order valence-corrected chi connectivity index (χ0v) is 9.27. The minimum Gasteiger partial charge on any atom is -0.488 e. The maximum Gasteiger partial charge on any atom is 0.131 e. The highest BCUT2D eigenvalue weighted by atomic mass is 19.1. The molecular formula is C13H13FN2O. The Balaban J connectivity index is 2.12. The van der Waals surface area contributed by atoms with Gasteiger partial charge in [-0.3, -0.25) is 4.98 Å². The minimum absolute atomic E-state index is 0.120. The first-order valence-corrected chi connectivity index (χ1v) is 5.30. The van der Waals surface area contributed by atoms with E-state index in [2.05, 4.69) is 4.98 Å². The quantitative estimate of drug-likeness (QED) is 0.879. The van der Waals surface area contributed by atoms with Crippen molar-refractivity contribution in [2.45, 2.75) is 13.2 Å². The zero-order valence-electron chi connectivity index (χ0n) is 9.27. The monoisotopic (exact) mass is 232 g/mol. The number of nitrogens with zero attached hydrogens (tertiary/aromatic N) is 1. The molecule has 0 atom stereocenters. The SMILES string of the molecule is NCc1c(F)cccc1OCc1cccnc1. The first-order chi connectivity index (χ1) is 8.31. The Morgan fingerprint density at radius 3 is 2.82 bits per heavy atom. The minimum atomic E-state index is -0.337. The fraction of sp³-hybridized carbons (Fsp3) is 0.154. The van der Waals surface area contributed by atoms with Crippen LogP contribution in [0.15, 0.2) is 42.7 Å². The summed E-state index contributed by atoms with van der Waals surface area (Å²) in [5.41, 5.74) is 6.82. The smallest absolute Gasteiger partial charge is 0.131 e. The van der Waals surface area contributed by atoms with E-state index in [0.717, 1.165) is 5.56 Å². The molecule has 0 saturated heterocycles. The van der Waals surface area contributed by atoms with Gasteiger partial charge in [0, 0.05) is 30.1 Å². The average molecular weight is 232 g/mol. The Morgan fingerprint density at radius 1 is 1.24 bits per heavy atom. The van der Waals surface area contributed by atoms with E-state index in [-0.39, 0.29) is 12.4 Å². The second kappa shape index (κ2) is 5.41. The van der Waals surface area contributed by atoms with E-state index in [9.17, 15) is 4.39 Å². The van der Waals surface area contributed by atoms with Crippen molar-refractivity contribution >= 4 is 0 Å². The normalized spacial score (nSPS) is 10.2. The van der Waals surface area contributed by atoms with Gasteiger partial charge in [-0.05, 0) is 18.2 Å². The van der Waals surface area contributed by atoms with Gasteiger partial charge in [0.15, 0.2) is 0 Å². The number of halogens is 1. The van der Waals surface area contributed by atoms with Crippen molar-refractivity contribution in [3.8, 4) is 5.75 Å². The topological polar surface area (TPSA) is 48.1 Å². The average Bonchev–Trinajstić information content (AvgIpc) is 2.37. The third-order valence-corrected chi connectivity index (χ3v) is 2.40. The van der Waals surface area contributed by atoms with Crippen molar-refractivity contribution in [2.24, 2.45) is 5.73 Å². The largest absolute Gasteiger partial charge is 0.488 e. The zero-order chi connectivity index (χ0) is 12.1. The van der Waals surface area contributed by atoms with Crippen molar-refractivity contribution in [1.82, 2.24) is 4.98 Å². The van der Waals surface area contributed by atoms with Gasteiger partial charge in [0.25, 0.3) is 0 Å². The molecule has 17 heavy (non-hydrogen) atoms. The lowest BCUT2D eigenvalue weighted by Crippen LogP contribution is -2.05. The number of ether oxygens (including phenoxy) is 1. The molecule has 4 heteroatoms. The van der Waals surface area contributed by atoms with Gasteiger partial charge in [-0.15, -0.1) is 0 Å². The lowest BCUT2D eigenvalue weighted by Gasteiger charge is -2.10. The molecule has 0 bridgehead atoms. The van der Waals surface area contributed by atoms with E-state index >= 15 is 0 Å². The van der Waals surface area contributed by atoms with Crippen molar-refractivity contribution in [1.29, 1.82) is 0 Å². The fourth-order valence-electron chi connectivity index (χ4n) is 1.52. The van der Waals surface area contributed by atoms with Crippen LogP contribution in [0.3, 0.4) is 0 Å². The van der Waals surface area contributed by atoms with Crippen LogP contribution in [0.2, 0.25) is 0 Å². The van der Waals surface area contributed by atoms with Gasteiger partial charge < -0.3 is 10.5 Å². The van der Waals surface area contributed by atoms with Crippen molar-refractivity contribution in [2.75, 3.05) is 0 Å². The highest BCUT2D eigenvalue weighted by Crippen LogP contribution is 2.21. The summed E-state index contributed by atoms with van der Waals surface area (Å²) in [5.74, 6) is 0.146. The molecule has 0 amide bonds. The predicted octanol–water partition coefficient (Wildman–Crippen LogP) is 2.26. The van der Waals surface area contributed by atoms with E-state index in [4.69, 9.17) is 10.5 Å². The summed E-state index contributed by atoms with van der Waals surface area (Å²) in [4.78, 5) is 3.98. The van der Waals surface area contributed by atoms with Crippen LogP contribution in [0.4, 0.5) is 4.39 Å². The summed E-state index contributed by atoms with van der Waals surface area (Å²) in [6, 6.07) is 8.41. The van der Waals surface area contributed by atoms with Crippen molar-refractivity contribution in [3.63, 3.8) is 0 Å². The third-order valence-electron chi connectivity index (χ3n) is 2.40. The Morgan fingerprint density at radius 2 is 2.12 bits per heavy atom. The summed E-state index contributed by atoms with van der Waals surface area (Å²) >= 11 is 0. The number of nitrogens with two attached hydrogens (primary N) is 1. The second-order valence-corrected chi connectivity index (χ2v) is 3.57. The van der Waals surface area contributed by atoms with Crippen LogP contribution in [-0.2, 0) is 13.2 Å². The maximum absolute atomic E-state index is 13.4. The van der Waals surface area contributed by atoms with Gasteiger partial charge >= 0.3 is 0 Å². The number of benzene rings is 1. The van der Waals surface area contributed by atoms with Crippen LogP contribution < -0.4 is 10.5 Å².